The van der Waals surface area contributed by atoms with E-state index >= 15 is 0 Å². The zero-order valence-corrected chi connectivity index (χ0v) is 12.4. The lowest BCUT2D eigenvalue weighted by Gasteiger charge is -2.24. The highest BCUT2D eigenvalue weighted by molar-refractivity contribution is 5.49. The number of carbonyl (C=O) groups excluding carboxylic acids is 1. The number of methoxy groups -OCH3 is 1. The number of ether oxygens (including phenoxy) is 2. The van der Waals surface area contributed by atoms with Crippen LogP contribution in [0.1, 0.15) is 43.2 Å². The van der Waals surface area contributed by atoms with Gasteiger partial charge >= 0.3 is 0 Å². The van der Waals surface area contributed by atoms with Crippen molar-refractivity contribution in [3.63, 3.8) is 0 Å². The number of fused-ring (bicyclic) bond motifs is 1. The van der Waals surface area contributed by atoms with E-state index in [0.717, 1.165) is 43.6 Å². The summed E-state index contributed by atoms with van der Waals surface area (Å²) in [6.07, 6.45) is 9.33. The molecule has 3 rings (SSSR count). The summed E-state index contributed by atoms with van der Waals surface area (Å²) in [6.45, 7) is 0. The Kier molecular flexibility index (Phi) is 4.26. The van der Waals surface area contributed by atoms with Gasteiger partial charge in [0.2, 0.25) is 6.08 Å². The number of isocyanates is 1. The summed E-state index contributed by atoms with van der Waals surface area (Å²) >= 11 is 0. The first-order valence-electron chi connectivity index (χ1n) is 7.73. The summed E-state index contributed by atoms with van der Waals surface area (Å²) in [4.78, 5) is 14.3. The summed E-state index contributed by atoms with van der Waals surface area (Å²) in [5, 5.41) is 0. The van der Waals surface area contributed by atoms with Crippen LogP contribution in [0.15, 0.2) is 17.1 Å². The van der Waals surface area contributed by atoms with Gasteiger partial charge in [-0.3, -0.25) is 0 Å². The Bertz CT molecular complexity index is 557. The van der Waals surface area contributed by atoms with Gasteiger partial charge in [0, 0.05) is 0 Å². The molecule has 4 nitrogen and oxygen atoms in total. The molecule has 21 heavy (non-hydrogen) atoms. The van der Waals surface area contributed by atoms with Crippen LogP contribution in [-0.4, -0.2) is 25.3 Å². The molecule has 0 heterocycles. The van der Waals surface area contributed by atoms with Crippen LogP contribution >= 0.6 is 0 Å². The topological polar surface area (TPSA) is 47.9 Å². The van der Waals surface area contributed by atoms with Crippen LogP contribution in [0.3, 0.4) is 0 Å². The van der Waals surface area contributed by atoms with Gasteiger partial charge in [-0.25, -0.2) is 9.79 Å². The zero-order valence-electron chi connectivity index (χ0n) is 12.4. The highest BCUT2D eigenvalue weighted by Crippen LogP contribution is 2.37. The third-order valence-corrected chi connectivity index (χ3v) is 4.52. The molecule has 0 spiro atoms. The Morgan fingerprint density at radius 1 is 1.14 bits per heavy atom. The van der Waals surface area contributed by atoms with Crippen molar-refractivity contribution in [1.82, 2.24) is 0 Å². The van der Waals surface area contributed by atoms with Crippen LogP contribution < -0.4 is 9.47 Å². The number of aryl methyl sites for hydroxylation is 1. The van der Waals surface area contributed by atoms with E-state index < -0.39 is 0 Å². The van der Waals surface area contributed by atoms with Gasteiger partial charge < -0.3 is 9.47 Å². The molecule has 112 valence electrons. The summed E-state index contributed by atoms with van der Waals surface area (Å²) in [5.41, 5.74) is 2.50. The number of aliphatic imine (C=N–C) groups is 1. The molecule has 0 aromatic heterocycles. The molecule has 0 radical (unpaired) electrons. The van der Waals surface area contributed by atoms with Crippen molar-refractivity contribution in [1.29, 1.82) is 0 Å². The molecule has 1 fully saturated rings. The fourth-order valence-electron chi connectivity index (χ4n) is 3.37. The second kappa shape index (κ2) is 6.31. The first-order chi connectivity index (χ1) is 10.3. The van der Waals surface area contributed by atoms with Crippen LogP contribution in [0.2, 0.25) is 0 Å². The highest BCUT2D eigenvalue weighted by Gasteiger charge is 2.23. The van der Waals surface area contributed by atoms with Crippen LogP contribution in [-0.2, 0) is 17.6 Å². The summed E-state index contributed by atoms with van der Waals surface area (Å²) in [7, 11) is 1.69. The van der Waals surface area contributed by atoms with Crippen molar-refractivity contribution >= 4 is 6.08 Å². The third kappa shape index (κ3) is 3.11. The SMILES string of the molecule is COc1cc2c(cc1OC1CCCC1)CC(N=C=O)CC2. The van der Waals surface area contributed by atoms with Gasteiger partial charge in [-0.05, 0) is 68.2 Å². The standard InChI is InChI=1S/C17H21NO3/c1-20-16-9-12-6-7-14(18-11-19)8-13(12)10-17(16)21-15-4-2-3-5-15/h9-10,14-15H,2-8H2,1H3. The monoisotopic (exact) mass is 287 g/mol. The Morgan fingerprint density at radius 2 is 1.90 bits per heavy atom. The summed E-state index contributed by atoms with van der Waals surface area (Å²) < 4.78 is 11.6. The first kappa shape index (κ1) is 14.2. The van der Waals surface area contributed by atoms with Crippen molar-refractivity contribution in [3.8, 4) is 11.5 Å². The van der Waals surface area contributed by atoms with Crippen molar-refractivity contribution < 1.29 is 14.3 Å². The minimum atomic E-state index is 0.0581. The third-order valence-electron chi connectivity index (χ3n) is 4.52. The molecule has 0 aliphatic heterocycles. The number of benzene rings is 1. The van der Waals surface area contributed by atoms with Crippen molar-refractivity contribution in [2.24, 2.45) is 4.99 Å². The molecule has 1 aromatic rings. The maximum atomic E-state index is 10.4. The molecule has 1 saturated carbocycles. The largest absolute Gasteiger partial charge is 0.493 e. The van der Waals surface area contributed by atoms with Gasteiger partial charge in [0.15, 0.2) is 11.5 Å². The average molecular weight is 287 g/mol. The Morgan fingerprint density at radius 3 is 2.62 bits per heavy atom. The lowest BCUT2D eigenvalue weighted by atomic mass is 9.88. The van der Waals surface area contributed by atoms with Crippen LogP contribution in [0.25, 0.3) is 0 Å². The summed E-state index contributed by atoms with van der Waals surface area (Å²) in [6, 6.07) is 4.22. The van der Waals surface area contributed by atoms with E-state index in [1.165, 1.54) is 24.0 Å². The zero-order chi connectivity index (χ0) is 14.7. The smallest absolute Gasteiger partial charge is 0.235 e. The van der Waals surface area contributed by atoms with Crippen molar-refractivity contribution in [3.05, 3.63) is 23.3 Å². The summed E-state index contributed by atoms with van der Waals surface area (Å²) in [5.74, 6) is 1.65. The minimum Gasteiger partial charge on any atom is -0.493 e. The molecular formula is C17H21NO3. The van der Waals surface area contributed by atoms with E-state index in [4.69, 9.17) is 9.47 Å². The highest BCUT2D eigenvalue weighted by atomic mass is 16.5. The Balaban J connectivity index is 1.85. The molecule has 4 heteroatoms. The van der Waals surface area contributed by atoms with E-state index in [1.807, 2.05) is 0 Å². The lowest BCUT2D eigenvalue weighted by molar-refractivity contribution is 0.200. The van der Waals surface area contributed by atoms with E-state index in [9.17, 15) is 4.79 Å². The first-order valence-corrected chi connectivity index (χ1v) is 7.73. The predicted octanol–water partition coefficient (Wildman–Crippen LogP) is 3.21. The van der Waals surface area contributed by atoms with E-state index in [1.54, 1.807) is 13.2 Å². The predicted molar refractivity (Wildman–Crippen MR) is 79.8 cm³/mol. The van der Waals surface area contributed by atoms with Gasteiger partial charge in [0.05, 0.1) is 19.3 Å². The normalized spacial score (nSPS) is 21.5. The van der Waals surface area contributed by atoms with E-state index in [0.29, 0.717) is 6.10 Å². The maximum absolute atomic E-state index is 10.4. The Hall–Kier alpha value is -1.80. The quantitative estimate of drug-likeness (QED) is 0.631. The van der Waals surface area contributed by atoms with Crippen LogP contribution in [0, 0.1) is 0 Å². The molecule has 0 bridgehead atoms. The van der Waals surface area contributed by atoms with E-state index in [-0.39, 0.29) is 6.04 Å². The van der Waals surface area contributed by atoms with Gasteiger partial charge in [-0.1, -0.05) is 0 Å². The Labute approximate surface area is 125 Å². The second-order valence-electron chi connectivity index (χ2n) is 5.91. The van der Waals surface area contributed by atoms with Gasteiger partial charge in [0.25, 0.3) is 0 Å². The van der Waals surface area contributed by atoms with Gasteiger partial charge in [-0.15, -0.1) is 0 Å². The molecule has 1 atom stereocenters. The molecule has 0 saturated heterocycles. The van der Waals surface area contributed by atoms with Crippen LogP contribution in [0.5, 0.6) is 11.5 Å². The average Bonchev–Trinajstić information content (AvgIpc) is 3.00. The fourth-order valence-corrected chi connectivity index (χ4v) is 3.37. The lowest BCUT2D eigenvalue weighted by Crippen LogP contribution is -2.18. The van der Waals surface area contributed by atoms with Gasteiger partial charge in [-0.2, -0.15) is 0 Å². The number of hydrogen-bond acceptors (Lipinski definition) is 4. The number of rotatable bonds is 4. The van der Waals surface area contributed by atoms with Crippen LogP contribution in [0.4, 0.5) is 0 Å². The molecular weight excluding hydrogens is 266 g/mol. The molecule has 2 aliphatic carbocycles. The fraction of sp³-hybridized carbons (Fsp3) is 0.588. The van der Waals surface area contributed by atoms with Crippen molar-refractivity contribution in [2.45, 2.75) is 57.1 Å². The molecule has 0 N–H and O–H groups in total. The van der Waals surface area contributed by atoms with Gasteiger partial charge in [0.1, 0.15) is 0 Å². The van der Waals surface area contributed by atoms with Crippen molar-refractivity contribution in [2.75, 3.05) is 7.11 Å². The van der Waals surface area contributed by atoms with E-state index in [2.05, 4.69) is 17.1 Å². The molecule has 1 aromatic carbocycles. The molecule has 0 amide bonds. The minimum absolute atomic E-state index is 0.0581. The maximum Gasteiger partial charge on any atom is 0.235 e. The second-order valence-corrected chi connectivity index (χ2v) is 5.91. The molecule has 1 unspecified atom stereocenters. The molecule has 2 aliphatic rings. The number of hydrogen-bond donors (Lipinski definition) is 0. The number of nitrogens with zero attached hydrogens (tertiary/aromatic N) is 1.